The lowest BCUT2D eigenvalue weighted by atomic mass is 9.85. The summed E-state index contributed by atoms with van der Waals surface area (Å²) in [5.74, 6) is -1.39. The van der Waals surface area contributed by atoms with Crippen molar-refractivity contribution in [3.63, 3.8) is 0 Å². The number of carboxylic acids is 1. The molecule has 6 nitrogen and oxygen atoms in total. The lowest BCUT2D eigenvalue weighted by Gasteiger charge is -2.25. The summed E-state index contributed by atoms with van der Waals surface area (Å²) in [5, 5.41) is 18.5. The highest BCUT2D eigenvalue weighted by Gasteiger charge is 2.22. The van der Waals surface area contributed by atoms with E-state index in [9.17, 15) is 14.7 Å². The van der Waals surface area contributed by atoms with Gasteiger partial charge in [-0.2, -0.15) is 5.10 Å². The number of nitrogens with zero attached hydrogens (tertiary/aromatic N) is 2. The van der Waals surface area contributed by atoms with E-state index in [1.165, 1.54) is 0 Å². The summed E-state index contributed by atoms with van der Waals surface area (Å²) in [6, 6.07) is 11.3. The summed E-state index contributed by atoms with van der Waals surface area (Å²) in [6.07, 6.45) is 3.21. The second kappa shape index (κ2) is 9.17. The number of amides is 1. The van der Waals surface area contributed by atoms with Gasteiger partial charge >= 0.3 is 0 Å². The van der Waals surface area contributed by atoms with Gasteiger partial charge in [-0.25, -0.2) is 4.68 Å². The first-order chi connectivity index (χ1) is 12.4. The number of hydrogen-bond donors (Lipinski definition) is 1. The van der Waals surface area contributed by atoms with E-state index in [2.05, 4.69) is 10.4 Å². The number of carbonyl (C=O) groups excluding carboxylic acids is 2. The van der Waals surface area contributed by atoms with E-state index in [0.717, 1.165) is 12.1 Å². The van der Waals surface area contributed by atoms with Crippen LogP contribution < -0.4 is 10.4 Å². The number of rotatable bonds is 9. The third-order valence-corrected chi connectivity index (χ3v) is 4.43. The Morgan fingerprint density at radius 1 is 1.12 bits per heavy atom. The SMILES string of the molecule is CC(C)CC[C@H](C(=O)[O-])[C@@H](C)CC(=O)Nc1ccn(-c2ccccc2)n1. The van der Waals surface area contributed by atoms with Crippen molar-refractivity contribution in [1.82, 2.24) is 9.78 Å². The molecular weight excluding hydrogens is 330 g/mol. The molecule has 0 aliphatic heterocycles. The zero-order valence-electron chi connectivity index (χ0n) is 15.5. The molecule has 2 rings (SSSR count). The normalized spacial score (nSPS) is 13.4. The van der Waals surface area contributed by atoms with Gasteiger partial charge in [0.05, 0.1) is 5.69 Å². The number of para-hydroxylation sites is 1. The molecule has 1 heterocycles. The predicted molar refractivity (Wildman–Crippen MR) is 98.5 cm³/mol. The molecule has 0 aliphatic rings. The van der Waals surface area contributed by atoms with Crippen molar-refractivity contribution in [2.45, 2.75) is 40.0 Å². The van der Waals surface area contributed by atoms with E-state index in [-0.39, 0.29) is 18.2 Å². The molecule has 0 fully saturated rings. The predicted octanol–water partition coefficient (Wildman–Crippen LogP) is 2.64. The van der Waals surface area contributed by atoms with E-state index < -0.39 is 11.9 Å². The summed E-state index contributed by atoms with van der Waals surface area (Å²) in [4.78, 5) is 23.7. The molecule has 1 aromatic carbocycles. The molecule has 0 unspecified atom stereocenters. The van der Waals surface area contributed by atoms with Crippen molar-refractivity contribution in [2.24, 2.45) is 17.8 Å². The molecule has 1 N–H and O–H groups in total. The van der Waals surface area contributed by atoms with Gasteiger partial charge in [-0.3, -0.25) is 4.79 Å². The quantitative estimate of drug-likeness (QED) is 0.748. The van der Waals surface area contributed by atoms with Gasteiger partial charge < -0.3 is 15.2 Å². The third-order valence-electron chi connectivity index (χ3n) is 4.43. The molecule has 6 heteroatoms. The first-order valence-electron chi connectivity index (χ1n) is 8.98. The fourth-order valence-corrected chi connectivity index (χ4v) is 2.89. The van der Waals surface area contributed by atoms with Crippen molar-refractivity contribution >= 4 is 17.7 Å². The van der Waals surface area contributed by atoms with Crippen LogP contribution in [0.2, 0.25) is 0 Å². The third kappa shape index (κ3) is 5.72. The van der Waals surface area contributed by atoms with Gasteiger partial charge in [0.2, 0.25) is 5.91 Å². The van der Waals surface area contributed by atoms with Crippen molar-refractivity contribution in [3.05, 3.63) is 42.6 Å². The van der Waals surface area contributed by atoms with Crippen LogP contribution in [0.25, 0.3) is 5.69 Å². The molecule has 1 amide bonds. The van der Waals surface area contributed by atoms with Crippen molar-refractivity contribution in [3.8, 4) is 5.69 Å². The Morgan fingerprint density at radius 2 is 1.81 bits per heavy atom. The summed E-state index contributed by atoms with van der Waals surface area (Å²) in [6.45, 7) is 5.88. The summed E-state index contributed by atoms with van der Waals surface area (Å²) in [7, 11) is 0. The average Bonchev–Trinajstić information content (AvgIpc) is 3.03. The molecule has 0 saturated heterocycles. The summed E-state index contributed by atoms with van der Waals surface area (Å²) in [5.41, 5.74) is 0.895. The van der Waals surface area contributed by atoms with E-state index in [1.54, 1.807) is 23.9 Å². The Hall–Kier alpha value is -2.63. The Balaban J connectivity index is 1.93. The molecule has 1 aromatic heterocycles. The highest BCUT2D eigenvalue weighted by molar-refractivity contribution is 5.90. The molecule has 0 bridgehead atoms. The maximum atomic E-state index is 12.3. The number of hydrogen-bond acceptors (Lipinski definition) is 4. The minimum absolute atomic E-state index is 0.120. The molecule has 2 atom stereocenters. The van der Waals surface area contributed by atoms with Crippen LogP contribution in [0.4, 0.5) is 5.82 Å². The number of aromatic nitrogens is 2. The van der Waals surface area contributed by atoms with Crippen molar-refractivity contribution in [1.29, 1.82) is 0 Å². The second-order valence-electron chi connectivity index (χ2n) is 7.11. The zero-order valence-corrected chi connectivity index (χ0v) is 15.5. The van der Waals surface area contributed by atoms with Crippen LogP contribution in [0.1, 0.15) is 40.0 Å². The van der Waals surface area contributed by atoms with Crippen LogP contribution in [0.3, 0.4) is 0 Å². The largest absolute Gasteiger partial charge is 0.550 e. The molecule has 0 saturated carbocycles. The Kier molecular flexibility index (Phi) is 6.95. The van der Waals surface area contributed by atoms with E-state index >= 15 is 0 Å². The standard InChI is InChI=1S/C20H27N3O3/c1-14(2)9-10-17(20(25)26)15(3)13-19(24)21-18-11-12-23(22-18)16-7-5-4-6-8-16/h4-8,11-12,14-15,17H,9-10,13H2,1-3H3,(H,25,26)(H,21,22,24)/p-1/t15-,17-/m0/s1. The van der Waals surface area contributed by atoms with Gasteiger partial charge in [-0.15, -0.1) is 0 Å². The number of benzene rings is 1. The zero-order chi connectivity index (χ0) is 19.1. The molecule has 2 aromatic rings. The number of aliphatic carboxylic acids is 1. The highest BCUT2D eigenvalue weighted by Crippen LogP contribution is 2.23. The fourth-order valence-electron chi connectivity index (χ4n) is 2.89. The van der Waals surface area contributed by atoms with Crippen LogP contribution in [-0.4, -0.2) is 21.7 Å². The number of carboxylic acid groups (broad SMARTS) is 1. The van der Waals surface area contributed by atoms with Gasteiger partial charge in [0.25, 0.3) is 0 Å². The molecule has 0 spiro atoms. The fraction of sp³-hybridized carbons (Fsp3) is 0.450. The monoisotopic (exact) mass is 356 g/mol. The van der Waals surface area contributed by atoms with E-state index in [1.807, 2.05) is 44.2 Å². The van der Waals surface area contributed by atoms with Crippen molar-refractivity contribution in [2.75, 3.05) is 5.32 Å². The Labute approximate surface area is 154 Å². The maximum Gasteiger partial charge on any atom is 0.225 e. The van der Waals surface area contributed by atoms with E-state index in [4.69, 9.17) is 0 Å². The van der Waals surface area contributed by atoms with Gasteiger partial charge in [0, 0.05) is 30.6 Å². The van der Waals surface area contributed by atoms with Gasteiger partial charge in [0.15, 0.2) is 5.82 Å². The van der Waals surface area contributed by atoms with Gasteiger partial charge in [0.1, 0.15) is 0 Å². The van der Waals surface area contributed by atoms with E-state index in [0.29, 0.717) is 18.2 Å². The Morgan fingerprint density at radius 3 is 2.42 bits per heavy atom. The number of nitrogens with one attached hydrogen (secondary N) is 1. The minimum atomic E-state index is -1.08. The smallest absolute Gasteiger partial charge is 0.225 e. The lowest BCUT2D eigenvalue weighted by Crippen LogP contribution is -2.36. The lowest BCUT2D eigenvalue weighted by molar-refractivity contribution is -0.313. The summed E-state index contributed by atoms with van der Waals surface area (Å²) >= 11 is 0. The summed E-state index contributed by atoms with van der Waals surface area (Å²) < 4.78 is 1.67. The van der Waals surface area contributed by atoms with Crippen LogP contribution in [-0.2, 0) is 9.59 Å². The molecule has 140 valence electrons. The molecular formula is C20H26N3O3-. The number of anilines is 1. The van der Waals surface area contributed by atoms with Crippen LogP contribution in [0.15, 0.2) is 42.6 Å². The van der Waals surface area contributed by atoms with Crippen LogP contribution in [0.5, 0.6) is 0 Å². The topological polar surface area (TPSA) is 87.0 Å². The molecule has 0 radical (unpaired) electrons. The first-order valence-corrected chi connectivity index (χ1v) is 8.98. The second-order valence-corrected chi connectivity index (χ2v) is 7.11. The average molecular weight is 356 g/mol. The minimum Gasteiger partial charge on any atom is -0.550 e. The first kappa shape index (κ1) is 19.7. The van der Waals surface area contributed by atoms with Crippen molar-refractivity contribution < 1.29 is 14.7 Å². The Bertz CT molecular complexity index is 725. The molecule has 26 heavy (non-hydrogen) atoms. The maximum absolute atomic E-state index is 12.3. The van der Waals surface area contributed by atoms with Crippen LogP contribution in [0, 0.1) is 17.8 Å². The van der Waals surface area contributed by atoms with Gasteiger partial charge in [-0.05, 0) is 30.4 Å². The van der Waals surface area contributed by atoms with Crippen LogP contribution >= 0.6 is 0 Å². The van der Waals surface area contributed by atoms with Gasteiger partial charge in [-0.1, -0.05) is 45.4 Å². The highest BCUT2D eigenvalue weighted by atomic mass is 16.4. The molecule has 0 aliphatic carbocycles. The number of carbonyl (C=O) groups is 2.